The number of hydrogen-bond donors (Lipinski definition) is 0. The highest BCUT2D eigenvalue weighted by molar-refractivity contribution is 5.59. The fourth-order valence-corrected chi connectivity index (χ4v) is 2.95. The highest BCUT2D eigenvalue weighted by Gasteiger charge is 2.35. The fraction of sp³-hybridized carbons (Fsp3) is 0.231. The molecule has 0 N–H and O–H groups in total. The lowest BCUT2D eigenvalue weighted by molar-refractivity contribution is -0.390. The number of aryl methyl sites for hydroxylation is 1. The minimum atomic E-state index is -0.829. The van der Waals surface area contributed by atoms with E-state index in [9.17, 15) is 19.3 Å². The standard InChI is InChI=1S/C13H8FN5O5/c14-7-3-1-6-2-4-9(8(6)5-7)18-11(16-23-13(18)20)10-12(19(21)22)17-24-15-10/h1,3,5,9H,2,4H2/t9-/m0/s1. The molecular formula is C13H8FN5O5. The Labute approximate surface area is 131 Å². The van der Waals surface area contributed by atoms with Crippen molar-refractivity contribution in [2.45, 2.75) is 18.9 Å². The number of nitro groups is 1. The molecule has 3 aromatic rings. The zero-order chi connectivity index (χ0) is 16.8. The first kappa shape index (κ1) is 14.2. The van der Waals surface area contributed by atoms with Crippen LogP contribution in [0.2, 0.25) is 0 Å². The molecule has 1 aromatic carbocycles. The van der Waals surface area contributed by atoms with Crippen LogP contribution in [-0.4, -0.2) is 25.0 Å². The highest BCUT2D eigenvalue weighted by atomic mass is 19.1. The molecule has 0 amide bonds. The van der Waals surface area contributed by atoms with Gasteiger partial charge < -0.3 is 10.1 Å². The molecule has 0 bridgehead atoms. The molecule has 24 heavy (non-hydrogen) atoms. The van der Waals surface area contributed by atoms with Crippen molar-refractivity contribution >= 4 is 5.82 Å². The van der Waals surface area contributed by atoms with Crippen LogP contribution in [0.1, 0.15) is 23.6 Å². The van der Waals surface area contributed by atoms with Crippen LogP contribution in [0, 0.1) is 15.9 Å². The second kappa shape index (κ2) is 5.08. The van der Waals surface area contributed by atoms with E-state index in [0.29, 0.717) is 18.4 Å². The average molecular weight is 333 g/mol. The summed E-state index contributed by atoms with van der Waals surface area (Å²) in [4.78, 5) is 22.3. The topological polar surface area (TPSA) is 130 Å². The van der Waals surface area contributed by atoms with E-state index in [-0.39, 0.29) is 11.5 Å². The Kier molecular flexibility index (Phi) is 3.01. The summed E-state index contributed by atoms with van der Waals surface area (Å²) in [5.41, 5.74) is 1.16. The van der Waals surface area contributed by atoms with Gasteiger partial charge in [-0.05, 0) is 46.2 Å². The van der Waals surface area contributed by atoms with Gasteiger partial charge in [0.2, 0.25) is 5.82 Å². The lowest BCUT2D eigenvalue weighted by Crippen LogP contribution is -2.21. The Morgan fingerprint density at radius 3 is 2.96 bits per heavy atom. The zero-order valence-corrected chi connectivity index (χ0v) is 11.9. The number of nitrogens with zero attached hydrogens (tertiary/aromatic N) is 5. The van der Waals surface area contributed by atoms with Crippen molar-refractivity contribution in [3.63, 3.8) is 0 Å². The quantitative estimate of drug-likeness (QED) is 0.520. The van der Waals surface area contributed by atoms with Gasteiger partial charge in [-0.2, -0.15) is 0 Å². The van der Waals surface area contributed by atoms with Crippen LogP contribution >= 0.6 is 0 Å². The second-order valence-corrected chi connectivity index (χ2v) is 5.23. The largest absolute Gasteiger partial charge is 0.446 e. The molecule has 1 aliphatic carbocycles. The lowest BCUT2D eigenvalue weighted by atomic mass is 10.1. The van der Waals surface area contributed by atoms with Crippen LogP contribution in [0.4, 0.5) is 10.2 Å². The summed E-state index contributed by atoms with van der Waals surface area (Å²) >= 11 is 0. The number of aromatic nitrogens is 4. The Balaban J connectivity index is 1.89. The van der Waals surface area contributed by atoms with Crippen molar-refractivity contribution in [3.8, 4) is 11.5 Å². The predicted molar refractivity (Wildman–Crippen MR) is 73.6 cm³/mol. The van der Waals surface area contributed by atoms with Gasteiger partial charge in [0.05, 0.1) is 6.04 Å². The van der Waals surface area contributed by atoms with Gasteiger partial charge in [0, 0.05) is 0 Å². The summed E-state index contributed by atoms with van der Waals surface area (Å²) in [5, 5.41) is 21.2. The molecule has 0 radical (unpaired) electrons. The van der Waals surface area contributed by atoms with Crippen LogP contribution in [0.15, 0.2) is 32.1 Å². The first-order valence-corrected chi connectivity index (χ1v) is 6.90. The molecule has 11 heteroatoms. The van der Waals surface area contributed by atoms with E-state index in [1.807, 2.05) is 0 Å². The van der Waals surface area contributed by atoms with Crippen LogP contribution < -0.4 is 5.76 Å². The van der Waals surface area contributed by atoms with Crippen molar-refractivity contribution in [2.75, 3.05) is 0 Å². The first-order chi connectivity index (χ1) is 11.6. The minimum absolute atomic E-state index is 0.185. The number of benzene rings is 1. The third kappa shape index (κ3) is 2.01. The monoisotopic (exact) mass is 333 g/mol. The van der Waals surface area contributed by atoms with Gasteiger partial charge in [0.25, 0.3) is 5.69 Å². The number of fused-ring (bicyclic) bond motifs is 1. The Morgan fingerprint density at radius 1 is 1.33 bits per heavy atom. The van der Waals surface area contributed by atoms with Gasteiger partial charge in [-0.15, -0.1) is 4.63 Å². The van der Waals surface area contributed by atoms with Gasteiger partial charge in [-0.1, -0.05) is 11.2 Å². The van der Waals surface area contributed by atoms with E-state index in [0.717, 1.165) is 10.1 Å². The molecule has 0 fully saturated rings. The maximum Gasteiger partial charge on any atom is 0.446 e. The number of hydrogen-bond acceptors (Lipinski definition) is 8. The second-order valence-electron chi connectivity index (χ2n) is 5.23. The SMILES string of the molecule is O=c1onc(-c2nonc2[N+](=O)[O-])n1[C@H]1CCc2ccc(F)cc21. The average Bonchev–Trinajstić information content (AvgIpc) is 3.24. The molecule has 1 aliphatic rings. The molecule has 0 aliphatic heterocycles. The molecule has 0 saturated heterocycles. The molecule has 122 valence electrons. The van der Waals surface area contributed by atoms with Crippen LogP contribution in [-0.2, 0) is 6.42 Å². The van der Waals surface area contributed by atoms with Gasteiger partial charge in [0.15, 0.2) is 5.16 Å². The lowest BCUT2D eigenvalue weighted by Gasteiger charge is -2.12. The molecule has 0 saturated carbocycles. The summed E-state index contributed by atoms with van der Waals surface area (Å²) in [6.45, 7) is 0. The predicted octanol–water partition coefficient (Wildman–Crippen LogP) is 1.47. The number of halogens is 1. The Morgan fingerprint density at radius 2 is 2.17 bits per heavy atom. The summed E-state index contributed by atoms with van der Waals surface area (Å²) in [6, 6.07) is 3.74. The third-order valence-corrected chi connectivity index (χ3v) is 3.96. The van der Waals surface area contributed by atoms with Crippen LogP contribution in [0.5, 0.6) is 0 Å². The maximum atomic E-state index is 13.6. The van der Waals surface area contributed by atoms with Crippen molar-refractivity contribution in [2.24, 2.45) is 0 Å². The molecule has 4 rings (SSSR count). The van der Waals surface area contributed by atoms with E-state index >= 15 is 0 Å². The highest BCUT2D eigenvalue weighted by Crippen LogP contribution is 2.36. The summed E-state index contributed by atoms with van der Waals surface area (Å²) in [5.74, 6) is -2.14. The third-order valence-electron chi connectivity index (χ3n) is 3.96. The zero-order valence-electron chi connectivity index (χ0n) is 11.9. The van der Waals surface area contributed by atoms with E-state index in [1.165, 1.54) is 12.1 Å². The smallest absolute Gasteiger partial charge is 0.358 e. The van der Waals surface area contributed by atoms with Gasteiger partial charge >= 0.3 is 11.6 Å². The Hall–Kier alpha value is -3.37. The normalized spacial score (nSPS) is 16.3. The van der Waals surface area contributed by atoms with E-state index in [1.54, 1.807) is 6.07 Å². The summed E-state index contributed by atoms with van der Waals surface area (Å²) in [6.07, 6.45) is 1.11. The first-order valence-electron chi connectivity index (χ1n) is 6.90. The van der Waals surface area contributed by atoms with Crippen molar-refractivity contribution in [1.29, 1.82) is 0 Å². The molecular weight excluding hydrogens is 325 g/mol. The van der Waals surface area contributed by atoms with Gasteiger partial charge in [0.1, 0.15) is 5.82 Å². The maximum absolute atomic E-state index is 13.6. The van der Waals surface area contributed by atoms with Gasteiger partial charge in [-0.25, -0.2) is 13.8 Å². The molecule has 0 spiro atoms. The molecule has 10 nitrogen and oxygen atoms in total. The number of rotatable bonds is 3. The molecule has 2 heterocycles. The van der Waals surface area contributed by atoms with Crippen molar-refractivity contribution < 1.29 is 18.5 Å². The summed E-state index contributed by atoms with van der Waals surface area (Å²) in [7, 11) is 0. The molecule has 0 unspecified atom stereocenters. The van der Waals surface area contributed by atoms with E-state index < -0.39 is 28.4 Å². The van der Waals surface area contributed by atoms with Crippen LogP contribution in [0.3, 0.4) is 0 Å². The molecule has 1 atom stereocenters. The minimum Gasteiger partial charge on any atom is -0.358 e. The van der Waals surface area contributed by atoms with E-state index in [4.69, 9.17) is 0 Å². The van der Waals surface area contributed by atoms with Crippen molar-refractivity contribution in [1.82, 2.24) is 20.0 Å². The van der Waals surface area contributed by atoms with Crippen molar-refractivity contribution in [3.05, 3.63) is 55.8 Å². The Bertz CT molecular complexity index is 1010. The van der Waals surface area contributed by atoms with Gasteiger partial charge in [-0.3, -0.25) is 4.52 Å². The molecule has 2 aromatic heterocycles. The van der Waals surface area contributed by atoms with E-state index in [2.05, 4.69) is 24.6 Å². The fourth-order valence-electron chi connectivity index (χ4n) is 2.95. The van der Waals surface area contributed by atoms with Crippen LogP contribution in [0.25, 0.3) is 11.5 Å². The summed E-state index contributed by atoms with van der Waals surface area (Å²) < 4.78 is 23.7.